The highest BCUT2D eigenvalue weighted by atomic mass is 32.2. The van der Waals surface area contributed by atoms with Gasteiger partial charge in [0.25, 0.3) is 10.0 Å². The Hall–Kier alpha value is -3.85. The van der Waals surface area contributed by atoms with E-state index < -0.39 is 28.5 Å². The number of amides is 2. The van der Waals surface area contributed by atoms with Gasteiger partial charge in [0.1, 0.15) is 18.3 Å². The van der Waals surface area contributed by atoms with Crippen LogP contribution < -0.4 is 14.4 Å². The van der Waals surface area contributed by atoms with Gasteiger partial charge in [-0.25, -0.2) is 8.42 Å². The van der Waals surface area contributed by atoms with Gasteiger partial charge in [0.05, 0.1) is 17.7 Å². The summed E-state index contributed by atoms with van der Waals surface area (Å²) in [4.78, 5) is 28.4. The molecule has 0 spiro atoms. The Balaban J connectivity index is 2.03. The predicted molar refractivity (Wildman–Crippen MR) is 148 cm³/mol. The molecule has 202 valence electrons. The van der Waals surface area contributed by atoms with Gasteiger partial charge in [-0.15, -0.1) is 0 Å². The second-order valence-electron chi connectivity index (χ2n) is 9.00. The number of benzene rings is 3. The van der Waals surface area contributed by atoms with Crippen LogP contribution in [0.1, 0.15) is 32.8 Å². The normalized spacial score (nSPS) is 12.7. The van der Waals surface area contributed by atoms with Crippen LogP contribution in [0.5, 0.6) is 5.75 Å². The largest absolute Gasteiger partial charge is 0.495 e. The number of hydrogen-bond acceptors (Lipinski definition) is 5. The molecular weight excluding hydrogens is 502 g/mol. The van der Waals surface area contributed by atoms with Gasteiger partial charge < -0.3 is 15.0 Å². The van der Waals surface area contributed by atoms with E-state index in [-0.39, 0.29) is 29.1 Å². The lowest BCUT2D eigenvalue weighted by atomic mass is 10.1. The van der Waals surface area contributed by atoms with Crippen molar-refractivity contribution in [2.75, 3.05) is 18.0 Å². The molecule has 3 rings (SSSR count). The third kappa shape index (κ3) is 6.92. The van der Waals surface area contributed by atoms with Gasteiger partial charge >= 0.3 is 0 Å². The van der Waals surface area contributed by atoms with Crippen molar-refractivity contribution in [2.45, 2.75) is 50.7 Å². The highest BCUT2D eigenvalue weighted by Crippen LogP contribution is 2.32. The van der Waals surface area contributed by atoms with Gasteiger partial charge in [-0.2, -0.15) is 0 Å². The van der Waals surface area contributed by atoms with Crippen LogP contribution in [0.15, 0.2) is 89.8 Å². The maximum atomic E-state index is 13.9. The van der Waals surface area contributed by atoms with E-state index in [0.29, 0.717) is 5.75 Å². The quantitative estimate of drug-likeness (QED) is 0.373. The number of anilines is 1. The van der Waals surface area contributed by atoms with Crippen molar-refractivity contribution in [1.82, 2.24) is 10.2 Å². The van der Waals surface area contributed by atoms with Crippen molar-refractivity contribution >= 4 is 27.5 Å². The number of carbonyl (C=O) groups excluding carboxylic acids is 2. The molecule has 0 saturated heterocycles. The minimum Gasteiger partial charge on any atom is -0.495 e. The summed E-state index contributed by atoms with van der Waals surface area (Å²) in [6.45, 7) is 5.12. The third-order valence-corrected chi connectivity index (χ3v) is 8.10. The molecule has 0 unspecified atom stereocenters. The van der Waals surface area contributed by atoms with E-state index >= 15 is 0 Å². The lowest BCUT2D eigenvalue weighted by Gasteiger charge is -2.32. The molecule has 0 radical (unpaired) electrons. The highest BCUT2D eigenvalue weighted by molar-refractivity contribution is 7.92. The first-order chi connectivity index (χ1) is 18.2. The molecule has 0 aromatic heterocycles. The van der Waals surface area contributed by atoms with Crippen LogP contribution in [0, 0.1) is 0 Å². The Labute approximate surface area is 225 Å². The van der Waals surface area contributed by atoms with E-state index in [4.69, 9.17) is 4.74 Å². The van der Waals surface area contributed by atoms with E-state index in [1.54, 1.807) is 49.4 Å². The van der Waals surface area contributed by atoms with Gasteiger partial charge in [0, 0.05) is 12.6 Å². The van der Waals surface area contributed by atoms with Gasteiger partial charge in [-0.05, 0) is 50.1 Å². The Morgan fingerprint density at radius 2 is 1.47 bits per heavy atom. The van der Waals surface area contributed by atoms with Crippen LogP contribution in [0.4, 0.5) is 5.69 Å². The highest BCUT2D eigenvalue weighted by Gasteiger charge is 2.33. The molecule has 2 amide bonds. The van der Waals surface area contributed by atoms with E-state index in [2.05, 4.69) is 5.32 Å². The lowest BCUT2D eigenvalue weighted by Crippen LogP contribution is -2.52. The number of nitrogens with one attached hydrogen (secondary N) is 1. The summed E-state index contributed by atoms with van der Waals surface area (Å²) >= 11 is 0. The van der Waals surface area contributed by atoms with Crippen molar-refractivity contribution in [1.29, 1.82) is 0 Å². The van der Waals surface area contributed by atoms with Crippen molar-refractivity contribution < 1.29 is 22.7 Å². The molecule has 8 nitrogen and oxygen atoms in total. The zero-order chi connectivity index (χ0) is 27.7. The second kappa shape index (κ2) is 13.1. The summed E-state index contributed by atoms with van der Waals surface area (Å²) in [6.07, 6.45) is 0.738. The van der Waals surface area contributed by atoms with E-state index in [1.165, 1.54) is 24.1 Å². The van der Waals surface area contributed by atoms with Crippen molar-refractivity contribution in [3.63, 3.8) is 0 Å². The fourth-order valence-electron chi connectivity index (χ4n) is 3.90. The van der Waals surface area contributed by atoms with Crippen LogP contribution >= 0.6 is 0 Å². The van der Waals surface area contributed by atoms with Gasteiger partial charge in [0.15, 0.2) is 0 Å². The Kier molecular flexibility index (Phi) is 9.90. The van der Waals surface area contributed by atoms with Crippen LogP contribution in [-0.4, -0.2) is 50.9 Å². The van der Waals surface area contributed by atoms with Gasteiger partial charge in [-0.3, -0.25) is 13.9 Å². The summed E-state index contributed by atoms with van der Waals surface area (Å²) in [6, 6.07) is 22.9. The smallest absolute Gasteiger partial charge is 0.264 e. The number of sulfonamides is 1. The molecule has 0 heterocycles. The zero-order valence-corrected chi connectivity index (χ0v) is 23.0. The fraction of sp³-hybridized carbons (Fsp3) is 0.310. The SMILES string of the molecule is CC[C@@H](C)NC(=O)[C@@H](C)N(Cc1ccccc1)C(=O)CN(c1ccccc1OC)S(=O)(=O)c1ccccc1. The first kappa shape index (κ1) is 28.7. The average molecular weight is 538 g/mol. The molecule has 3 aromatic carbocycles. The van der Waals surface area contributed by atoms with Crippen LogP contribution in [0.2, 0.25) is 0 Å². The number of ether oxygens (including phenoxy) is 1. The molecule has 2 atom stereocenters. The molecule has 0 saturated carbocycles. The van der Waals surface area contributed by atoms with Crippen molar-refractivity contribution in [3.05, 3.63) is 90.5 Å². The predicted octanol–water partition coefficient (Wildman–Crippen LogP) is 4.22. The van der Waals surface area contributed by atoms with Gasteiger partial charge in [0.2, 0.25) is 11.8 Å². The van der Waals surface area contributed by atoms with E-state index in [9.17, 15) is 18.0 Å². The maximum absolute atomic E-state index is 13.9. The third-order valence-electron chi connectivity index (χ3n) is 6.33. The summed E-state index contributed by atoms with van der Waals surface area (Å²) < 4.78 is 34.1. The number of methoxy groups -OCH3 is 1. The topological polar surface area (TPSA) is 96.0 Å². The number of hydrogen-bond donors (Lipinski definition) is 1. The molecule has 0 bridgehead atoms. The minimum absolute atomic E-state index is 0.0378. The second-order valence-corrected chi connectivity index (χ2v) is 10.9. The number of carbonyl (C=O) groups is 2. The fourth-order valence-corrected chi connectivity index (χ4v) is 5.34. The summed E-state index contributed by atoms with van der Waals surface area (Å²) in [5, 5.41) is 2.93. The van der Waals surface area contributed by atoms with E-state index in [1.807, 2.05) is 44.2 Å². The summed E-state index contributed by atoms with van der Waals surface area (Å²) in [5.74, 6) is -0.526. The minimum atomic E-state index is -4.15. The van der Waals surface area contributed by atoms with E-state index in [0.717, 1.165) is 16.3 Å². The molecule has 38 heavy (non-hydrogen) atoms. The lowest BCUT2D eigenvalue weighted by molar-refractivity contribution is -0.139. The Morgan fingerprint density at radius 3 is 2.08 bits per heavy atom. The molecule has 9 heteroatoms. The number of rotatable bonds is 12. The van der Waals surface area contributed by atoms with Crippen LogP contribution in [0.25, 0.3) is 0 Å². The molecule has 0 aliphatic heterocycles. The van der Waals surface area contributed by atoms with Crippen LogP contribution in [-0.2, 0) is 26.2 Å². The monoisotopic (exact) mass is 537 g/mol. The molecule has 0 aliphatic rings. The first-order valence-electron chi connectivity index (χ1n) is 12.5. The van der Waals surface area contributed by atoms with Crippen LogP contribution in [0.3, 0.4) is 0 Å². The summed E-state index contributed by atoms with van der Waals surface area (Å²) in [5.41, 5.74) is 1.04. The molecule has 0 fully saturated rings. The molecule has 0 aliphatic carbocycles. The number of nitrogens with zero attached hydrogens (tertiary/aromatic N) is 2. The summed E-state index contributed by atoms with van der Waals surface area (Å²) in [7, 11) is -2.71. The number of para-hydroxylation sites is 2. The Morgan fingerprint density at radius 1 is 0.895 bits per heavy atom. The zero-order valence-electron chi connectivity index (χ0n) is 22.2. The van der Waals surface area contributed by atoms with Crippen molar-refractivity contribution in [2.24, 2.45) is 0 Å². The molecule has 1 N–H and O–H groups in total. The molecular formula is C29H35N3O5S. The average Bonchev–Trinajstić information content (AvgIpc) is 2.94. The van der Waals surface area contributed by atoms with Crippen molar-refractivity contribution in [3.8, 4) is 5.75 Å². The molecule has 3 aromatic rings. The maximum Gasteiger partial charge on any atom is 0.264 e. The standard InChI is InChI=1S/C29H35N3O5S/c1-5-22(2)30-29(34)23(3)31(20-24-14-8-6-9-15-24)28(33)21-32(26-18-12-13-19-27(26)37-4)38(35,36)25-16-10-7-11-17-25/h6-19,22-23H,5,20-21H2,1-4H3,(H,30,34)/t22-,23-/m1/s1. The first-order valence-corrected chi connectivity index (χ1v) is 14.0. The van der Waals surface area contributed by atoms with Gasteiger partial charge in [-0.1, -0.05) is 67.6 Å². The Bertz CT molecular complexity index is 1320.